The second-order valence-electron chi connectivity index (χ2n) is 9.34. The van der Waals surface area contributed by atoms with Crippen molar-refractivity contribution in [3.63, 3.8) is 0 Å². The Labute approximate surface area is 181 Å². The molecule has 1 saturated carbocycles. The van der Waals surface area contributed by atoms with E-state index in [1.807, 2.05) is 18.2 Å². The van der Waals surface area contributed by atoms with E-state index >= 15 is 0 Å². The summed E-state index contributed by atoms with van der Waals surface area (Å²) in [6, 6.07) is 13.1. The first kappa shape index (κ1) is 21.2. The molecule has 1 aliphatic carbocycles. The van der Waals surface area contributed by atoms with E-state index in [1.54, 1.807) is 4.90 Å². The Kier molecular flexibility index (Phi) is 6.94. The van der Waals surface area contributed by atoms with E-state index in [2.05, 4.69) is 28.0 Å². The summed E-state index contributed by atoms with van der Waals surface area (Å²) in [5, 5.41) is 9.22. The number of carbonyl (C=O) groups excluding carboxylic acids is 1. The molecule has 0 bridgehead atoms. The molecule has 5 nitrogen and oxygen atoms in total. The number of anilines is 1. The minimum Gasteiger partial charge on any atom is -0.339 e. The zero-order chi connectivity index (χ0) is 20.8. The predicted octanol–water partition coefficient (Wildman–Crippen LogP) is 4.54. The lowest BCUT2D eigenvalue weighted by molar-refractivity contribution is -0.133. The molecule has 0 aromatic heterocycles. The number of hydrogen-bond donors (Lipinski definition) is 0. The number of likely N-dealkylation sites (tertiary alicyclic amines) is 1. The second kappa shape index (κ2) is 9.83. The maximum absolute atomic E-state index is 13.4. The van der Waals surface area contributed by atoms with Crippen LogP contribution in [0.25, 0.3) is 0 Å². The standard InChI is InChI=1S/C25H36N4O/c26-17-20-28-21-29(23-13-9-6-10-14-23)25(24(28)30)15-18-27(19-16-25)22-11-7-4-2-1-3-5-8-12-22/h6,9-10,13-14,22H,1-5,7-8,11-12,15-16,18-21H2. The van der Waals surface area contributed by atoms with Crippen LogP contribution in [-0.2, 0) is 4.79 Å². The van der Waals surface area contributed by atoms with Crippen LogP contribution >= 0.6 is 0 Å². The van der Waals surface area contributed by atoms with Crippen LogP contribution < -0.4 is 4.90 Å². The van der Waals surface area contributed by atoms with Gasteiger partial charge in [-0.1, -0.05) is 63.1 Å². The lowest BCUT2D eigenvalue weighted by Crippen LogP contribution is -2.58. The van der Waals surface area contributed by atoms with E-state index in [0.717, 1.165) is 31.6 Å². The van der Waals surface area contributed by atoms with Crippen LogP contribution in [-0.4, -0.2) is 53.6 Å². The van der Waals surface area contributed by atoms with Gasteiger partial charge >= 0.3 is 0 Å². The highest BCUT2D eigenvalue weighted by molar-refractivity contribution is 5.93. The maximum Gasteiger partial charge on any atom is 0.250 e. The molecular weight excluding hydrogens is 372 g/mol. The van der Waals surface area contributed by atoms with Crippen molar-refractivity contribution in [1.29, 1.82) is 5.26 Å². The molecule has 30 heavy (non-hydrogen) atoms. The summed E-state index contributed by atoms with van der Waals surface area (Å²) in [5.74, 6) is 0.151. The predicted molar refractivity (Wildman–Crippen MR) is 120 cm³/mol. The van der Waals surface area contributed by atoms with E-state index in [0.29, 0.717) is 12.7 Å². The molecule has 0 N–H and O–H groups in total. The van der Waals surface area contributed by atoms with E-state index in [1.165, 1.54) is 57.8 Å². The van der Waals surface area contributed by atoms with Crippen molar-refractivity contribution in [2.45, 2.75) is 82.2 Å². The summed E-state index contributed by atoms with van der Waals surface area (Å²) in [7, 11) is 0. The molecule has 1 aromatic carbocycles. The zero-order valence-corrected chi connectivity index (χ0v) is 18.3. The summed E-state index contributed by atoms with van der Waals surface area (Å²) in [6.07, 6.45) is 14.0. The summed E-state index contributed by atoms with van der Waals surface area (Å²) < 4.78 is 0. The molecule has 0 radical (unpaired) electrons. The van der Waals surface area contributed by atoms with Gasteiger partial charge in [0.2, 0.25) is 0 Å². The van der Waals surface area contributed by atoms with Crippen LogP contribution in [0.3, 0.4) is 0 Å². The quantitative estimate of drug-likeness (QED) is 0.689. The topological polar surface area (TPSA) is 50.6 Å². The molecule has 3 fully saturated rings. The minimum atomic E-state index is -0.481. The number of hydrogen-bond acceptors (Lipinski definition) is 4. The van der Waals surface area contributed by atoms with Gasteiger partial charge in [-0.2, -0.15) is 5.26 Å². The van der Waals surface area contributed by atoms with Gasteiger partial charge in [0.15, 0.2) is 0 Å². The smallest absolute Gasteiger partial charge is 0.250 e. The molecule has 0 unspecified atom stereocenters. The maximum atomic E-state index is 13.4. The highest BCUT2D eigenvalue weighted by Crippen LogP contribution is 2.40. The summed E-state index contributed by atoms with van der Waals surface area (Å²) in [5.41, 5.74) is 0.614. The largest absolute Gasteiger partial charge is 0.339 e. The third-order valence-electron chi connectivity index (χ3n) is 7.56. The number of piperidine rings is 1. The lowest BCUT2D eigenvalue weighted by atomic mass is 9.84. The summed E-state index contributed by atoms with van der Waals surface area (Å²) in [4.78, 5) is 20.1. The van der Waals surface area contributed by atoms with Crippen LogP contribution in [0, 0.1) is 11.3 Å². The zero-order valence-electron chi connectivity index (χ0n) is 18.3. The number of nitrogens with zero attached hydrogens (tertiary/aromatic N) is 4. The van der Waals surface area contributed by atoms with Crippen LogP contribution in [0.15, 0.2) is 30.3 Å². The first-order chi connectivity index (χ1) is 14.7. The number of nitriles is 1. The van der Waals surface area contributed by atoms with Crippen LogP contribution in [0.5, 0.6) is 0 Å². The Morgan fingerprint density at radius 1 is 0.933 bits per heavy atom. The first-order valence-corrected chi connectivity index (χ1v) is 12.0. The van der Waals surface area contributed by atoms with E-state index in [4.69, 9.17) is 0 Å². The molecule has 0 atom stereocenters. The number of carbonyl (C=O) groups is 1. The second-order valence-corrected chi connectivity index (χ2v) is 9.34. The third kappa shape index (κ3) is 4.34. The molecule has 5 heteroatoms. The van der Waals surface area contributed by atoms with Gasteiger partial charge in [-0.3, -0.25) is 4.79 Å². The van der Waals surface area contributed by atoms with Gasteiger partial charge in [-0.15, -0.1) is 0 Å². The van der Waals surface area contributed by atoms with Gasteiger partial charge in [-0.25, -0.2) is 0 Å². The number of para-hydroxylation sites is 1. The fourth-order valence-corrected chi connectivity index (χ4v) is 5.82. The lowest BCUT2D eigenvalue weighted by Gasteiger charge is -2.45. The van der Waals surface area contributed by atoms with Crippen LogP contribution in [0.4, 0.5) is 5.69 Å². The normalized spacial score (nSPS) is 24.2. The van der Waals surface area contributed by atoms with Gasteiger partial charge in [0.25, 0.3) is 5.91 Å². The molecule has 2 aliphatic heterocycles. The van der Waals surface area contributed by atoms with E-state index in [9.17, 15) is 10.1 Å². The number of amides is 1. The van der Waals surface area contributed by atoms with Crippen molar-refractivity contribution in [3.05, 3.63) is 30.3 Å². The number of benzene rings is 1. The Bertz CT molecular complexity index is 725. The van der Waals surface area contributed by atoms with Gasteiger partial charge < -0.3 is 14.7 Å². The van der Waals surface area contributed by atoms with Crippen LogP contribution in [0.2, 0.25) is 0 Å². The Morgan fingerprint density at radius 2 is 1.53 bits per heavy atom. The molecular formula is C25H36N4O. The van der Waals surface area contributed by atoms with E-state index in [-0.39, 0.29) is 12.5 Å². The Balaban J connectivity index is 1.48. The average molecular weight is 409 g/mol. The third-order valence-corrected chi connectivity index (χ3v) is 7.56. The minimum absolute atomic E-state index is 0.151. The van der Waals surface area contributed by atoms with Crippen molar-refractivity contribution in [1.82, 2.24) is 9.80 Å². The molecule has 162 valence electrons. The highest BCUT2D eigenvalue weighted by Gasteiger charge is 2.53. The molecule has 4 rings (SSSR count). The summed E-state index contributed by atoms with van der Waals surface area (Å²) in [6.45, 7) is 2.68. The van der Waals surface area contributed by atoms with Gasteiger partial charge in [0, 0.05) is 24.8 Å². The van der Waals surface area contributed by atoms with Crippen molar-refractivity contribution in [3.8, 4) is 6.07 Å². The fourth-order valence-electron chi connectivity index (χ4n) is 5.82. The van der Waals surface area contributed by atoms with Gasteiger partial charge in [0.05, 0.1) is 12.7 Å². The Morgan fingerprint density at radius 3 is 2.13 bits per heavy atom. The molecule has 1 spiro atoms. The SMILES string of the molecule is N#CCN1CN(c2ccccc2)C2(CCN(C3CCCCCCCCC3)CC2)C1=O. The Hall–Kier alpha value is -2.06. The first-order valence-electron chi connectivity index (χ1n) is 12.0. The monoisotopic (exact) mass is 408 g/mol. The van der Waals surface area contributed by atoms with Gasteiger partial charge in [-0.05, 0) is 37.8 Å². The van der Waals surface area contributed by atoms with Crippen molar-refractivity contribution < 1.29 is 4.79 Å². The molecule has 1 aromatic rings. The fraction of sp³-hybridized carbons (Fsp3) is 0.680. The van der Waals surface area contributed by atoms with Gasteiger partial charge in [0.1, 0.15) is 12.1 Å². The highest BCUT2D eigenvalue weighted by atomic mass is 16.2. The molecule has 2 saturated heterocycles. The average Bonchev–Trinajstić information content (AvgIpc) is 3.05. The van der Waals surface area contributed by atoms with Crippen molar-refractivity contribution >= 4 is 11.6 Å². The number of rotatable bonds is 3. The molecule has 1 amide bonds. The van der Waals surface area contributed by atoms with Crippen LogP contribution in [0.1, 0.15) is 70.6 Å². The molecule has 2 heterocycles. The summed E-state index contributed by atoms with van der Waals surface area (Å²) >= 11 is 0. The van der Waals surface area contributed by atoms with Crippen molar-refractivity contribution in [2.24, 2.45) is 0 Å². The van der Waals surface area contributed by atoms with E-state index < -0.39 is 5.54 Å². The van der Waals surface area contributed by atoms with Crippen molar-refractivity contribution in [2.75, 3.05) is 31.2 Å². The molecule has 3 aliphatic rings.